The van der Waals surface area contributed by atoms with Crippen LogP contribution in [-0.4, -0.2) is 9.72 Å². The van der Waals surface area contributed by atoms with Gasteiger partial charge in [-0.25, -0.2) is 4.79 Å². The van der Waals surface area contributed by atoms with Gasteiger partial charge in [-0.05, 0) is 19.4 Å². The van der Waals surface area contributed by atoms with Gasteiger partial charge in [0.15, 0.2) is 5.82 Å². The van der Waals surface area contributed by atoms with Crippen molar-refractivity contribution in [3.05, 3.63) is 40.4 Å². The van der Waals surface area contributed by atoms with Crippen molar-refractivity contribution in [1.82, 2.24) is 9.72 Å². The molecule has 5 nitrogen and oxygen atoms in total. The van der Waals surface area contributed by atoms with Crippen LogP contribution in [0.4, 0.5) is 0 Å². The molecule has 0 radical (unpaired) electrons. The van der Waals surface area contributed by atoms with Crippen LogP contribution in [-0.2, 0) is 6.54 Å². The molecule has 1 heterocycles. The number of nitrogens with two attached hydrogens (primary N) is 1. The van der Waals surface area contributed by atoms with E-state index in [1.165, 1.54) is 4.57 Å². The largest absolute Gasteiger partial charge is 0.442 e. The Morgan fingerprint density at radius 2 is 2.00 bits per heavy atom. The minimum atomic E-state index is -0.432. The van der Waals surface area contributed by atoms with Gasteiger partial charge in [0.05, 0.1) is 0 Å². The van der Waals surface area contributed by atoms with E-state index < -0.39 is 5.76 Å². The Kier molecular flexibility index (Phi) is 3.10. The lowest BCUT2D eigenvalue weighted by Crippen LogP contribution is -2.17. The number of nitrogens with zero attached hydrogens (tertiary/aromatic N) is 2. The Morgan fingerprint density at radius 3 is 2.53 bits per heavy atom. The molecule has 0 bridgehead atoms. The van der Waals surface area contributed by atoms with E-state index in [9.17, 15) is 4.79 Å². The highest BCUT2D eigenvalue weighted by molar-refractivity contribution is 5.55. The first-order valence-electron chi connectivity index (χ1n) is 5.51. The first-order valence-corrected chi connectivity index (χ1v) is 5.51. The van der Waals surface area contributed by atoms with E-state index in [0.29, 0.717) is 12.4 Å². The summed E-state index contributed by atoms with van der Waals surface area (Å²) in [7, 11) is 0. The molecule has 0 fully saturated rings. The molecule has 0 amide bonds. The lowest BCUT2D eigenvalue weighted by Gasteiger charge is -2.07. The molecule has 0 spiro atoms. The quantitative estimate of drug-likeness (QED) is 0.872. The molecule has 2 aromatic rings. The van der Waals surface area contributed by atoms with E-state index in [0.717, 1.165) is 11.1 Å². The number of hydrogen-bond acceptors (Lipinski definition) is 4. The van der Waals surface area contributed by atoms with Crippen LogP contribution in [0.15, 0.2) is 33.6 Å². The third-order valence-electron chi connectivity index (χ3n) is 2.60. The zero-order chi connectivity index (χ0) is 12.4. The number of rotatable bonds is 3. The summed E-state index contributed by atoms with van der Waals surface area (Å²) in [6.07, 6.45) is 0. The van der Waals surface area contributed by atoms with E-state index in [2.05, 4.69) is 5.16 Å². The summed E-state index contributed by atoms with van der Waals surface area (Å²) in [5.41, 5.74) is 7.42. The average Bonchev–Trinajstić information content (AvgIpc) is 2.71. The van der Waals surface area contributed by atoms with Gasteiger partial charge >= 0.3 is 5.76 Å². The summed E-state index contributed by atoms with van der Waals surface area (Å²) < 4.78 is 6.23. The van der Waals surface area contributed by atoms with Crippen LogP contribution < -0.4 is 11.5 Å². The Bertz CT molecular complexity index is 552. The Morgan fingerprint density at radius 1 is 1.35 bits per heavy atom. The molecule has 0 saturated carbocycles. The second-order valence-corrected chi connectivity index (χ2v) is 4.14. The van der Waals surface area contributed by atoms with Crippen LogP contribution in [0.1, 0.15) is 25.5 Å². The highest BCUT2D eigenvalue weighted by atomic mass is 16.5. The van der Waals surface area contributed by atoms with Gasteiger partial charge in [0.1, 0.15) is 0 Å². The van der Waals surface area contributed by atoms with Crippen molar-refractivity contribution in [3.8, 4) is 11.4 Å². The van der Waals surface area contributed by atoms with Crippen molar-refractivity contribution in [1.29, 1.82) is 0 Å². The van der Waals surface area contributed by atoms with Crippen molar-refractivity contribution < 1.29 is 4.52 Å². The molecule has 90 valence electrons. The maximum atomic E-state index is 11.5. The third kappa shape index (κ3) is 2.14. The summed E-state index contributed by atoms with van der Waals surface area (Å²) in [5.74, 6) is 0.117. The van der Waals surface area contributed by atoms with Gasteiger partial charge in [-0.1, -0.05) is 29.4 Å². The maximum absolute atomic E-state index is 11.5. The standard InChI is InChI=1S/C12H15N3O2/c1-8(2)15-11(14-17-12(15)16)10-5-3-9(7-13)4-6-10/h3-6,8H,7,13H2,1-2H3. The Labute approximate surface area is 98.8 Å². The fraction of sp³-hybridized carbons (Fsp3) is 0.333. The molecule has 2 rings (SSSR count). The van der Waals surface area contributed by atoms with Crippen LogP contribution in [0.2, 0.25) is 0 Å². The minimum absolute atomic E-state index is 0.0120. The van der Waals surface area contributed by atoms with Crippen molar-refractivity contribution in [2.24, 2.45) is 5.73 Å². The summed E-state index contributed by atoms with van der Waals surface area (Å²) in [4.78, 5) is 11.5. The van der Waals surface area contributed by atoms with Gasteiger partial charge in [-0.3, -0.25) is 9.09 Å². The molecule has 1 aromatic heterocycles. The lowest BCUT2D eigenvalue weighted by molar-refractivity contribution is 0.370. The van der Waals surface area contributed by atoms with Crippen LogP contribution >= 0.6 is 0 Å². The number of benzene rings is 1. The molecule has 5 heteroatoms. The van der Waals surface area contributed by atoms with Crippen molar-refractivity contribution in [2.75, 3.05) is 0 Å². The maximum Gasteiger partial charge on any atom is 0.442 e. The predicted molar refractivity (Wildman–Crippen MR) is 64.5 cm³/mol. The molecular weight excluding hydrogens is 218 g/mol. The summed E-state index contributed by atoms with van der Waals surface area (Å²) in [6.45, 7) is 4.32. The topological polar surface area (TPSA) is 74.1 Å². The SMILES string of the molecule is CC(C)n1c(-c2ccc(CN)cc2)noc1=O. The van der Waals surface area contributed by atoms with Crippen LogP contribution in [0.5, 0.6) is 0 Å². The van der Waals surface area contributed by atoms with E-state index in [4.69, 9.17) is 10.3 Å². The Hall–Kier alpha value is -1.88. The van der Waals surface area contributed by atoms with Crippen LogP contribution in [0.25, 0.3) is 11.4 Å². The molecule has 0 aliphatic carbocycles. The minimum Gasteiger partial charge on any atom is -0.326 e. The third-order valence-corrected chi connectivity index (χ3v) is 2.60. The molecule has 0 atom stereocenters. The first kappa shape index (κ1) is 11.6. The van der Waals surface area contributed by atoms with Gasteiger partial charge < -0.3 is 5.73 Å². The molecule has 0 saturated heterocycles. The molecule has 0 unspecified atom stereocenters. The molecule has 1 aromatic carbocycles. The van der Waals surface area contributed by atoms with Gasteiger partial charge in [-0.2, -0.15) is 0 Å². The average molecular weight is 233 g/mol. The summed E-state index contributed by atoms with van der Waals surface area (Å²) >= 11 is 0. The molecule has 0 aliphatic rings. The van der Waals surface area contributed by atoms with Gasteiger partial charge in [-0.15, -0.1) is 0 Å². The second-order valence-electron chi connectivity index (χ2n) is 4.14. The number of aromatic nitrogens is 2. The molecule has 17 heavy (non-hydrogen) atoms. The van der Waals surface area contributed by atoms with E-state index >= 15 is 0 Å². The zero-order valence-electron chi connectivity index (χ0n) is 9.88. The lowest BCUT2D eigenvalue weighted by atomic mass is 10.1. The van der Waals surface area contributed by atoms with Gasteiger partial charge in [0.2, 0.25) is 0 Å². The van der Waals surface area contributed by atoms with Gasteiger partial charge in [0.25, 0.3) is 0 Å². The highest BCUT2D eigenvalue weighted by Crippen LogP contribution is 2.19. The molecule has 2 N–H and O–H groups in total. The first-order chi connectivity index (χ1) is 8.13. The highest BCUT2D eigenvalue weighted by Gasteiger charge is 2.14. The molecule has 0 aliphatic heterocycles. The summed E-state index contributed by atoms with van der Waals surface area (Å²) in [6, 6.07) is 7.62. The fourth-order valence-electron chi connectivity index (χ4n) is 1.69. The monoisotopic (exact) mass is 233 g/mol. The zero-order valence-corrected chi connectivity index (χ0v) is 9.88. The summed E-state index contributed by atoms with van der Waals surface area (Å²) in [5, 5.41) is 3.81. The van der Waals surface area contributed by atoms with Crippen LogP contribution in [0.3, 0.4) is 0 Å². The van der Waals surface area contributed by atoms with Crippen molar-refractivity contribution >= 4 is 0 Å². The normalized spacial score (nSPS) is 11.1. The van der Waals surface area contributed by atoms with E-state index in [-0.39, 0.29) is 6.04 Å². The number of hydrogen-bond donors (Lipinski definition) is 1. The smallest absolute Gasteiger partial charge is 0.326 e. The Balaban J connectivity index is 2.49. The van der Waals surface area contributed by atoms with Gasteiger partial charge in [0, 0.05) is 18.2 Å². The van der Waals surface area contributed by atoms with E-state index in [1.54, 1.807) is 0 Å². The molecular formula is C12H15N3O2. The van der Waals surface area contributed by atoms with Crippen LogP contribution in [0, 0.1) is 0 Å². The van der Waals surface area contributed by atoms with Crippen molar-refractivity contribution in [2.45, 2.75) is 26.4 Å². The second kappa shape index (κ2) is 4.55. The predicted octanol–water partition coefficient (Wildman–Crippen LogP) is 1.54. The fourth-order valence-corrected chi connectivity index (χ4v) is 1.69. The van der Waals surface area contributed by atoms with Crippen molar-refractivity contribution in [3.63, 3.8) is 0 Å². The van der Waals surface area contributed by atoms with E-state index in [1.807, 2.05) is 38.1 Å².